The van der Waals surface area contributed by atoms with Crippen LogP contribution in [0.25, 0.3) is 11.1 Å². The fraction of sp³-hybridized carbons (Fsp3) is 0.0769. The molecule has 1 aliphatic rings. The van der Waals surface area contributed by atoms with Crippen molar-refractivity contribution in [3.63, 3.8) is 0 Å². The Balaban J connectivity index is 1.29. The zero-order chi connectivity index (χ0) is 37.9. The number of benzene rings is 6. The Morgan fingerprint density at radius 1 is 0.396 bits per heavy atom. The first-order valence-corrected chi connectivity index (χ1v) is 15.5. The minimum Gasteiger partial charge on any atom is -0.489 e. The van der Waals surface area contributed by atoms with Gasteiger partial charge in [0.25, 0.3) is 0 Å². The van der Waals surface area contributed by atoms with Crippen LogP contribution in [0.2, 0.25) is 0 Å². The van der Waals surface area contributed by atoms with Gasteiger partial charge in [0.05, 0.1) is 16.5 Å². The van der Waals surface area contributed by atoms with Gasteiger partial charge < -0.3 is 20.9 Å². The maximum atomic E-state index is 14.3. The third-order valence-corrected chi connectivity index (χ3v) is 9.13. The number of nitrogens with two attached hydrogens (primary N) is 2. The maximum absolute atomic E-state index is 14.3. The van der Waals surface area contributed by atoms with Crippen LogP contribution in [0, 0.1) is 58.2 Å². The Bertz CT molecular complexity index is 2210. The smallest absolute Gasteiger partial charge is 0.200 e. The molecular formula is C39H22F10N2O2. The lowest BCUT2D eigenvalue weighted by atomic mass is 9.67. The van der Waals surface area contributed by atoms with Crippen molar-refractivity contribution >= 4 is 11.4 Å². The van der Waals surface area contributed by atoms with Crippen molar-refractivity contribution in [2.75, 3.05) is 11.5 Å². The zero-order valence-corrected chi connectivity index (χ0v) is 26.7. The summed E-state index contributed by atoms with van der Waals surface area (Å²) >= 11 is 0. The molecule has 0 aliphatic heterocycles. The number of rotatable bonds is 8. The van der Waals surface area contributed by atoms with Gasteiger partial charge in [0.15, 0.2) is 46.5 Å². The van der Waals surface area contributed by atoms with E-state index >= 15 is 0 Å². The molecule has 7 rings (SSSR count). The van der Waals surface area contributed by atoms with Gasteiger partial charge >= 0.3 is 0 Å². The Morgan fingerprint density at radius 2 is 0.698 bits per heavy atom. The lowest BCUT2D eigenvalue weighted by Gasteiger charge is -2.34. The SMILES string of the molecule is Nc1ccc2c(c1)C(c1ccc(OCc3c(F)c(F)c(F)c(F)c3F)cc1)(c1ccc(OCc3c(F)c(F)c(F)c(F)c3F)cc1)c1cc(N)ccc1-2. The van der Waals surface area contributed by atoms with Crippen molar-refractivity contribution in [3.05, 3.63) is 176 Å². The van der Waals surface area contributed by atoms with Crippen LogP contribution in [0.1, 0.15) is 33.4 Å². The minimum absolute atomic E-state index is 0.0170. The minimum atomic E-state index is -2.29. The van der Waals surface area contributed by atoms with Crippen LogP contribution >= 0.6 is 0 Å². The lowest BCUT2D eigenvalue weighted by Crippen LogP contribution is -2.28. The molecule has 0 saturated heterocycles. The predicted octanol–water partition coefficient (Wildman–Crippen LogP) is 9.76. The van der Waals surface area contributed by atoms with Gasteiger partial charge in [0.2, 0.25) is 11.6 Å². The number of ether oxygens (including phenoxy) is 2. The molecule has 0 spiro atoms. The molecular weight excluding hydrogens is 718 g/mol. The monoisotopic (exact) mass is 740 g/mol. The summed E-state index contributed by atoms with van der Waals surface area (Å²) in [6, 6.07) is 22.8. The second-order valence-corrected chi connectivity index (χ2v) is 12.1. The molecule has 6 aromatic carbocycles. The molecule has 0 unspecified atom stereocenters. The van der Waals surface area contributed by atoms with Crippen LogP contribution in [0.15, 0.2) is 84.9 Å². The number of fused-ring (bicyclic) bond motifs is 3. The van der Waals surface area contributed by atoms with Gasteiger partial charge in [0.1, 0.15) is 24.7 Å². The molecule has 6 aromatic rings. The quantitative estimate of drug-likeness (QED) is 0.0705. The molecule has 53 heavy (non-hydrogen) atoms. The Labute approximate surface area is 293 Å². The molecule has 1 aliphatic carbocycles. The normalized spacial score (nSPS) is 12.8. The molecule has 0 aromatic heterocycles. The number of halogens is 10. The average Bonchev–Trinajstić information content (AvgIpc) is 3.44. The first kappa shape index (κ1) is 35.2. The first-order chi connectivity index (χ1) is 25.2. The average molecular weight is 741 g/mol. The highest BCUT2D eigenvalue weighted by atomic mass is 19.2. The fourth-order valence-corrected chi connectivity index (χ4v) is 6.62. The van der Waals surface area contributed by atoms with Crippen molar-refractivity contribution in [3.8, 4) is 22.6 Å². The molecule has 0 atom stereocenters. The second-order valence-electron chi connectivity index (χ2n) is 12.1. The molecule has 0 radical (unpaired) electrons. The van der Waals surface area contributed by atoms with Gasteiger partial charge in [0, 0.05) is 11.4 Å². The molecule has 0 bridgehead atoms. The third-order valence-electron chi connectivity index (χ3n) is 9.13. The summed E-state index contributed by atoms with van der Waals surface area (Å²) in [4.78, 5) is 0. The van der Waals surface area contributed by atoms with Crippen LogP contribution in [0.5, 0.6) is 11.5 Å². The molecule has 4 N–H and O–H groups in total. The highest BCUT2D eigenvalue weighted by Crippen LogP contribution is 2.57. The summed E-state index contributed by atoms with van der Waals surface area (Å²) in [5.74, 6) is -21.1. The number of anilines is 2. The van der Waals surface area contributed by atoms with E-state index in [2.05, 4.69) is 0 Å². The highest BCUT2D eigenvalue weighted by molar-refractivity contribution is 5.88. The van der Waals surface area contributed by atoms with E-state index in [0.717, 1.165) is 11.1 Å². The first-order valence-electron chi connectivity index (χ1n) is 15.5. The van der Waals surface area contributed by atoms with Crippen molar-refractivity contribution in [1.29, 1.82) is 0 Å². The number of nitrogen functional groups attached to an aromatic ring is 2. The van der Waals surface area contributed by atoms with E-state index in [4.69, 9.17) is 20.9 Å². The summed E-state index contributed by atoms with van der Waals surface area (Å²) < 4.78 is 150. The summed E-state index contributed by atoms with van der Waals surface area (Å²) in [6.45, 7) is -1.97. The van der Waals surface area contributed by atoms with E-state index in [1.165, 1.54) is 24.3 Å². The molecule has 4 nitrogen and oxygen atoms in total. The zero-order valence-electron chi connectivity index (χ0n) is 26.7. The van der Waals surface area contributed by atoms with E-state index in [-0.39, 0.29) is 11.5 Å². The van der Waals surface area contributed by atoms with Crippen molar-refractivity contribution < 1.29 is 53.4 Å². The van der Waals surface area contributed by atoms with Gasteiger partial charge in [-0.15, -0.1) is 0 Å². The highest BCUT2D eigenvalue weighted by Gasteiger charge is 2.46. The summed E-state index contributed by atoms with van der Waals surface area (Å²) in [6.07, 6.45) is 0. The van der Waals surface area contributed by atoms with Crippen LogP contribution in [0.3, 0.4) is 0 Å². The largest absolute Gasteiger partial charge is 0.489 e. The molecule has 14 heteroatoms. The van der Waals surface area contributed by atoms with E-state index in [1.807, 2.05) is 12.1 Å². The van der Waals surface area contributed by atoms with Gasteiger partial charge in [-0.25, -0.2) is 43.9 Å². The van der Waals surface area contributed by atoms with Gasteiger partial charge in [-0.05, 0) is 81.9 Å². The molecule has 0 fully saturated rings. The predicted molar refractivity (Wildman–Crippen MR) is 174 cm³/mol. The molecule has 270 valence electrons. The lowest BCUT2D eigenvalue weighted by molar-refractivity contribution is 0.279. The van der Waals surface area contributed by atoms with Crippen LogP contribution in [-0.2, 0) is 18.6 Å². The van der Waals surface area contributed by atoms with Crippen molar-refractivity contribution in [2.45, 2.75) is 18.6 Å². The van der Waals surface area contributed by atoms with Crippen LogP contribution in [-0.4, -0.2) is 0 Å². The van der Waals surface area contributed by atoms with Gasteiger partial charge in [-0.3, -0.25) is 0 Å². The molecule has 0 heterocycles. The third kappa shape index (κ3) is 5.56. The van der Waals surface area contributed by atoms with Crippen molar-refractivity contribution in [2.24, 2.45) is 0 Å². The second kappa shape index (κ2) is 13.1. The fourth-order valence-electron chi connectivity index (χ4n) is 6.62. The molecule has 0 saturated carbocycles. The summed E-state index contributed by atoms with van der Waals surface area (Å²) in [7, 11) is 0. The van der Waals surface area contributed by atoms with Crippen LogP contribution < -0.4 is 20.9 Å². The molecule has 0 amide bonds. The summed E-state index contributed by atoms with van der Waals surface area (Å²) in [5.41, 5.74) is 14.0. The van der Waals surface area contributed by atoms with Crippen LogP contribution in [0.4, 0.5) is 55.3 Å². The summed E-state index contributed by atoms with van der Waals surface area (Å²) in [5, 5.41) is 0. The van der Waals surface area contributed by atoms with E-state index in [9.17, 15) is 43.9 Å². The standard InChI is InChI=1S/C39H22F10N2O2/c40-29-25(30(41)34(45)37(48)33(29)44)15-52-21-7-1-17(2-8-21)39(27-13-19(50)5-11-23(27)24-12-6-20(51)14-28(24)39)18-3-9-22(10-4-18)53-16-26-31(42)35(46)38(49)36(47)32(26)43/h1-14H,15-16,50-51H2. The van der Waals surface area contributed by atoms with Gasteiger partial charge in [-0.1, -0.05) is 36.4 Å². The number of hydrogen-bond acceptors (Lipinski definition) is 4. The Morgan fingerprint density at radius 3 is 1.02 bits per heavy atom. The maximum Gasteiger partial charge on any atom is 0.200 e. The number of hydrogen-bond donors (Lipinski definition) is 2. The van der Waals surface area contributed by atoms with Crippen molar-refractivity contribution in [1.82, 2.24) is 0 Å². The van der Waals surface area contributed by atoms with E-state index < -0.39 is 87.9 Å². The Hall–Kier alpha value is -6.18. The topological polar surface area (TPSA) is 70.5 Å². The Kier molecular flexibility index (Phi) is 8.71. The van der Waals surface area contributed by atoms with E-state index in [0.29, 0.717) is 33.6 Å². The van der Waals surface area contributed by atoms with E-state index in [1.54, 1.807) is 48.5 Å². The van der Waals surface area contributed by atoms with Gasteiger partial charge in [-0.2, -0.15) is 0 Å².